The van der Waals surface area contributed by atoms with Crippen LogP contribution in [-0.2, 0) is 17.6 Å². The summed E-state index contributed by atoms with van der Waals surface area (Å²) in [5, 5.41) is 4.57. The second-order valence-corrected chi connectivity index (χ2v) is 10.1. The number of likely N-dealkylation sites (N-methyl/N-ethyl adjacent to an activating group) is 1. The first kappa shape index (κ1) is 23.0. The fraction of sp³-hybridized carbons (Fsp3) is 0.458. The lowest BCUT2D eigenvalue weighted by Crippen LogP contribution is -2.35. The number of carbonyl (C=O) groups excluding carboxylic acids is 1. The molecule has 1 atom stereocenters. The number of anilines is 1. The Kier molecular flexibility index (Phi) is 7.65. The van der Waals surface area contributed by atoms with Crippen molar-refractivity contribution in [2.75, 3.05) is 37.7 Å². The van der Waals surface area contributed by atoms with Crippen molar-refractivity contribution < 1.29 is 4.79 Å². The quantitative estimate of drug-likeness (QED) is 0.363. The monoisotopic (exact) mass is 469 g/mol. The van der Waals surface area contributed by atoms with Gasteiger partial charge in [-0.05, 0) is 49.4 Å². The van der Waals surface area contributed by atoms with Crippen molar-refractivity contribution in [2.45, 2.75) is 44.2 Å². The van der Waals surface area contributed by atoms with E-state index in [0.717, 1.165) is 49.1 Å². The zero-order valence-corrected chi connectivity index (χ0v) is 20.4. The summed E-state index contributed by atoms with van der Waals surface area (Å²) >= 11 is 3.08. The molecule has 0 saturated heterocycles. The van der Waals surface area contributed by atoms with E-state index in [1.54, 1.807) is 11.3 Å². The van der Waals surface area contributed by atoms with Crippen molar-refractivity contribution >= 4 is 45.0 Å². The summed E-state index contributed by atoms with van der Waals surface area (Å²) in [6, 6.07) is 10.7. The highest BCUT2D eigenvalue weighted by atomic mass is 32.2. The third-order valence-corrected chi connectivity index (χ3v) is 8.16. The molecule has 1 amide bonds. The highest BCUT2D eigenvalue weighted by Gasteiger charge is 2.26. The zero-order valence-electron chi connectivity index (χ0n) is 18.8. The van der Waals surface area contributed by atoms with Gasteiger partial charge in [0.25, 0.3) is 0 Å². The summed E-state index contributed by atoms with van der Waals surface area (Å²) in [7, 11) is 0. The van der Waals surface area contributed by atoms with E-state index in [1.165, 1.54) is 27.8 Å². The van der Waals surface area contributed by atoms with Crippen LogP contribution in [0.4, 0.5) is 5.82 Å². The van der Waals surface area contributed by atoms with Crippen LogP contribution < -0.4 is 11.1 Å². The summed E-state index contributed by atoms with van der Waals surface area (Å²) < 4.78 is 0. The van der Waals surface area contributed by atoms with Gasteiger partial charge in [-0.25, -0.2) is 9.97 Å². The summed E-state index contributed by atoms with van der Waals surface area (Å²) in [4.78, 5) is 26.1. The standard InChI is InChI=1S/C24H31N5OS2/c1-3-29(4-2)13-12-26-20(30)15-31-24-27-22(25)21-18-11-10-17(16-8-6-5-7-9-16)14-19(18)32-23(21)28-24/h5-9,17H,3-4,10-15H2,1-2H3,(H,26,30)(H2,25,27,28). The lowest BCUT2D eigenvalue weighted by molar-refractivity contribution is -0.118. The Morgan fingerprint density at radius 2 is 2.03 bits per heavy atom. The molecule has 6 nitrogen and oxygen atoms in total. The molecule has 0 aliphatic heterocycles. The van der Waals surface area contributed by atoms with Crippen LogP contribution in [0.3, 0.4) is 0 Å². The molecule has 2 aromatic heterocycles. The Morgan fingerprint density at radius 1 is 1.25 bits per heavy atom. The van der Waals surface area contributed by atoms with Crippen molar-refractivity contribution in [1.29, 1.82) is 0 Å². The molecular weight excluding hydrogens is 438 g/mol. The number of aryl methyl sites for hydroxylation is 1. The van der Waals surface area contributed by atoms with Gasteiger partial charge in [0.1, 0.15) is 10.6 Å². The van der Waals surface area contributed by atoms with E-state index in [4.69, 9.17) is 10.7 Å². The minimum atomic E-state index is 0.000557. The molecule has 0 spiro atoms. The zero-order chi connectivity index (χ0) is 22.5. The molecule has 3 N–H and O–H groups in total. The van der Waals surface area contributed by atoms with Crippen molar-refractivity contribution in [2.24, 2.45) is 0 Å². The highest BCUT2D eigenvalue weighted by molar-refractivity contribution is 7.99. The number of nitrogens with zero attached hydrogens (tertiary/aromatic N) is 3. The minimum Gasteiger partial charge on any atom is -0.383 e. The second kappa shape index (κ2) is 10.6. The predicted molar refractivity (Wildman–Crippen MR) is 135 cm³/mol. The summed E-state index contributed by atoms with van der Waals surface area (Å²) in [6.07, 6.45) is 3.15. The van der Waals surface area contributed by atoms with E-state index in [1.807, 2.05) is 0 Å². The van der Waals surface area contributed by atoms with Gasteiger partial charge < -0.3 is 16.0 Å². The van der Waals surface area contributed by atoms with Crippen molar-refractivity contribution in [3.8, 4) is 0 Å². The maximum atomic E-state index is 12.2. The predicted octanol–water partition coefficient (Wildman–Crippen LogP) is 4.10. The van der Waals surface area contributed by atoms with Gasteiger partial charge in [-0.2, -0.15) is 0 Å². The fourth-order valence-corrected chi connectivity index (χ4v) is 6.38. The van der Waals surface area contributed by atoms with Gasteiger partial charge >= 0.3 is 0 Å². The number of nitrogens with one attached hydrogen (secondary N) is 1. The largest absolute Gasteiger partial charge is 0.383 e. The van der Waals surface area contributed by atoms with Gasteiger partial charge in [0.2, 0.25) is 5.91 Å². The number of nitrogen functional groups attached to an aromatic ring is 1. The number of thioether (sulfide) groups is 1. The van der Waals surface area contributed by atoms with Crippen LogP contribution in [0.2, 0.25) is 0 Å². The number of carbonyl (C=O) groups is 1. The van der Waals surface area contributed by atoms with Crippen LogP contribution in [-0.4, -0.2) is 52.7 Å². The van der Waals surface area contributed by atoms with Gasteiger partial charge in [0, 0.05) is 18.0 Å². The Morgan fingerprint density at radius 3 is 2.78 bits per heavy atom. The molecular formula is C24H31N5OS2. The van der Waals surface area contributed by atoms with Gasteiger partial charge in [0.15, 0.2) is 5.16 Å². The number of thiophene rings is 1. The van der Waals surface area contributed by atoms with E-state index in [9.17, 15) is 4.79 Å². The molecule has 0 bridgehead atoms. The Bertz CT molecular complexity index is 1070. The molecule has 2 heterocycles. The van der Waals surface area contributed by atoms with Crippen LogP contribution in [0.25, 0.3) is 10.2 Å². The number of hydrogen-bond acceptors (Lipinski definition) is 7. The maximum absolute atomic E-state index is 12.2. The normalized spacial score (nSPS) is 15.8. The first-order chi connectivity index (χ1) is 15.6. The van der Waals surface area contributed by atoms with E-state index < -0.39 is 0 Å². The van der Waals surface area contributed by atoms with Crippen molar-refractivity contribution in [1.82, 2.24) is 20.2 Å². The molecule has 1 aliphatic rings. The molecule has 1 aromatic carbocycles. The molecule has 170 valence electrons. The molecule has 1 unspecified atom stereocenters. The average molecular weight is 470 g/mol. The van der Waals surface area contributed by atoms with Crippen molar-refractivity contribution in [3.63, 3.8) is 0 Å². The lowest BCUT2D eigenvalue weighted by atomic mass is 9.83. The fourth-order valence-electron chi connectivity index (χ4n) is 4.33. The van der Waals surface area contributed by atoms with E-state index in [0.29, 0.717) is 29.2 Å². The van der Waals surface area contributed by atoms with Gasteiger partial charge in [-0.15, -0.1) is 11.3 Å². The number of rotatable bonds is 9. The topological polar surface area (TPSA) is 84.1 Å². The molecule has 32 heavy (non-hydrogen) atoms. The first-order valence-electron chi connectivity index (χ1n) is 11.3. The minimum absolute atomic E-state index is 0.000557. The smallest absolute Gasteiger partial charge is 0.230 e. The number of aromatic nitrogens is 2. The Labute approximate surface area is 198 Å². The van der Waals surface area contributed by atoms with Crippen molar-refractivity contribution in [3.05, 3.63) is 46.3 Å². The van der Waals surface area contributed by atoms with Crippen LogP contribution >= 0.6 is 23.1 Å². The van der Waals surface area contributed by atoms with Gasteiger partial charge in [-0.3, -0.25) is 4.79 Å². The molecule has 0 radical (unpaired) electrons. The van der Waals surface area contributed by atoms with E-state index in [2.05, 4.69) is 59.4 Å². The van der Waals surface area contributed by atoms with E-state index in [-0.39, 0.29) is 5.91 Å². The average Bonchev–Trinajstić information content (AvgIpc) is 3.19. The molecule has 4 rings (SSSR count). The lowest BCUT2D eigenvalue weighted by Gasteiger charge is -2.22. The number of amides is 1. The molecule has 0 saturated carbocycles. The van der Waals surface area contributed by atoms with Gasteiger partial charge in [0.05, 0.1) is 11.1 Å². The molecule has 3 aromatic rings. The number of hydrogen-bond donors (Lipinski definition) is 2. The SMILES string of the molecule is CCN(CC)CCNC(=O)CSc1nc(N)c2c3c(sc2n1)CC(c1ccccc1)CC3. The van der Waals surface area contributed by atoms with Crippen LogP contribution in [0.5, 0.6) is 0 Å². The molecule has 0 fully saturated rings. The van der Waals surface area contributed by atoms with Gasteiger partial charge in [-0.1, -0.05) is 55.9 Å². The maximum Gasteiger partial charge on any atom is 0.230 e. The number of fused-ring (bicyclic) bond motifs is 3. The summed E-state index contributed by atoms with van der Waals surface area (Å²) in [6.45, 7) is 7.76. The first-order valence-corrected chi connectivity index (χ1v) is 13.1. The number of nitrogens with two attached hydrogens (primary N) is 1. The van der Waals surface area contributed by atoms with Crippen LogP contribution in [0.1, 0.15) is 42.2 Å². The third kappa shape index (κ3) is 5.24. The summed E-state index contributed by atoms with van der Waals surface area (Å²) in [5.74, 6) is 1.38. The Balaban J connectivity index is 1.41. The Hall–Kier alpha value is -2.16. The van der Waals surface area contributed by atoms with E-state index >= 15 is 0 Å². The number of benzene rings is 1. The van der Waals surface area contributed by atoms with Crippen LogP contribution in [0, 0.1) is 0 Å². The third-order valence-electron chi connectivity index (χ3n) is 6.16. The second-order valence-electron chi connectivity index (χ2n) is 8.09. The highest BCUT2D eigenvalue weighted by Crippen LogP contribution is 2.42. The van der Waals surface area contributed by atoms with Crippen LogP contribution in [0.15, 0.2) is 35.5 Å². The molecule has 1 aliphatic carbocycles. The summed E-state index contributed by atoms with van der Waals surface area (Å²) in [5.41, 5.74) is 9.08. The molecule has 8 heteroatoms.